The predicted octanol–water partition coefficient (Wildman–Crippen LogP) is 0.818. The second-order valence-electron chi connectivity index (χ2n) is 3.84. The van der Waals surface area contributed by atoms with Gasteiger partial charge in [0.05, 0.1) is 12.5 Å². The van der Waals surface area contributed by atoms with Crippen molar-refractivity contribution in [2.24, 2.45) is 5.92 Å². The van der Waals surface area contributed by atoms with Gasteiger partial charge in [0.25, 0.3) is 0 Å². The van der Waals surface area contributed by atoms with Gasteiger partial charge in [-0.25, -0.2) is 0 Å². The van der Waals surface area contributed by atoms with Crippen molar-refractivity contribution in [3.05, 3.63) is 0 Å². The molecular weight excluding hydrogens is 182 g/mol. The number of ether oxygens (including phenoxy) is 1. The molecule has 1 fully saturated rings. The summed E-state index contributed by atoms with van der Waals surface area (Å²) in [6.07, 6.45) is 1.79. The highest BCUT2D eigenvalue weighted by molar-refractivity contribution is 5.70. The summed E-state index contributed by atoms with van der Waals surface area (Å²) in [5.74, 6) is -0.847. The maximum Gasteiger partial charge on any atom is 0.307 e. The maximum atomic E-state index is 10.8. The lowest BCUT2D eigenvalue weighted by Gasteiger charge is -2.25. The summed E-state index contributed by atoms with van der Waals surface area (Å²) in [7, 11) is 1.69. The van der Waals surface area contributed by atoms with Crippen molar-refractivity contribution in [3.63, 3.8) is 0 Å². The predicted molar refractivity (Wildman–Crippen MR) is 53.3 cm³/mol. The van der Waals surface area contributed by atoms with E-state index in [2.05, 4.69) is 11.8 Å². The number of aliphatic carboxylic acids is 1. The number of hydrogen-bond acceptors (Lipinski definition) is 3. The lowest BCUT2D eigenvalue weighted by atomic mass is 10.1. The minimum absolute atomic E-state index is 0.180. The lowest BCUT2D eigenvalue weighted by Crippen LogP contribution is -2.36. The summed E-state index contributed by atoms with van der Waals surface area (Å²) in [5.41, 5.74) is 0. The van der Waals surface area contributed by atoms with Gasteiger partial charge in [-0.1, -0.05) is 6.92 Å². The molecule has 1 N–H and O–H groups in total. The van der Waals surface area contributed by atoms with Crippen LogP contribution < -0.4 is 0 Å². The number of likely N-dealkylation sites (tertiary alicyclic amines) is 1. The molecule has 82 valence electrons. The SMILES string of the molecule is CCC(COC)N1CCC(C(=O)O)C1. The molecular formula is C10H19NO3. The van der Waals surface area contributed by atoms with Crippen LogP contribution in [0.15, 0.2) is 0 Å². The first-order chi connectivity index (χ1) is 6.69. The van der Waals surface area contributed by atoms with Crippen molar-refractivity contribution >= 4 is 5.97 Å². The average Bonchev–Trinajstić information content (AvgIpc) is 2.63. The van der Waals surface area contributed by atoms with Crippen LogP contribution in [0.5, 0.6) is 0 Å². The van der Waals surface area contributed by atoms with Crippen molar-refractivity contribution < 1.29 is 14.6 Å². The molecule has 0 aromatic rings. The smallest absolute Gasteiger partial charge is 0.307 e. The Morgan fingerprint density at radius 1 is 1.71 bits per heavy atom. The van der Waals surface area contributed by atoms with E-state index in [1.807, 2.05) is 0 Å². The Morgan fingerprint density at radius 3 is 2.86 bits per heavy atom. The highest BCUT2D eigenvalue weighted by Crippen LogP contribution is 2.20. The molecule has 0 amide bonds. The van der Waals surface area contributed by atoms with E-state index >= 15 is 0 Å². The van der Waals surface area contributed by atoms with E-state index in [0.717, 1.165) is 19.4 Å². The van der Waals surface area contributed by atoms with Crippen molar-refractivity contribution in [1.82, 2.24) is 4.90 Å². The quantitative estimate of drug-likeness (QED) is 0.715. The fourth-order valence-corrected chi connectivity index (χ4v) is 1.99. The van der Waals surface area contributed by atoms with Crippen LogP contribution in [0.2, 0.25) is 0 Å². The van der Waals surface area contributed by atoms with Crippen molar-refractivity contribution in [3.8, 4) is 0 Å². The lowest BCUT2D eigenvalue weighted by molar-refractivity contribution is -0.141. The molecule has 0 saturated carbocycles. The summed E-state index contributed by atoms with van der Waals surface area (Å²) in [4.78, 5) is 13.0. The Labute approximate surface area is 84.8 Å². The summed E-state index contributed by atoms with van der Waals surface area (Å²) in [6, 6.07) is 0.379. The van der Waals surface area contributed by atoms with Crippen molar-refractivity contribution in [2.45, 2.75) is 25.8 Å². The van der Waals surface area contributed by atoms with Crippen LogP contribution in [-0.2, 0) is 9.53 Å². The van der Waals surface area contributed by atoms with E-state index in [0.29, 0.717) is 19.2 Å². The van der Waals surface area contributed by atoms with E-state index in [-0.39, 0.29) is 5.92 Å². The second kappa shape index (κ2) is 5.32. The average molecular weight is 201 g/mol. The second-order valence-corrected chi connectivity index (χ2v) is 3.84. The third-order valence-corrected chi connectivity index (χ3v) is 2.92. The van der Waals surface area contributed by atoms with E-state index in [1.54, 1.807) is 7.11 Å². The fraction of sp³-hybridized carbons (Fsp3) is 0.900. The highest BCUT2D eigenvalue weighted by Gasteiger charge is 2.31. The van der Waals surface area contributed by atoms with Gasteiger partial charge in [0.2, 0.25) is 0 Å². The van der Waals surface area contributed by atoms with Gasteiger partial charge in [-0.15, -0.1) is 0 Å². The molecule has 1 saturated heterocycles. The molecule has 0 spiro atoms. The molecule has 4 nitrogen and oxygen atoms in total. The maximum absolute atomic E-state index is 10.8. The van der Waals surface area contributed by atoms with Gasteiger partial charge in [0, 0.05) is 19.7 Å². The first-order valence-corrected chi connectivity index (χ1v) is 5.14. The summed E-state index contributed by atoms with van der Waals surface area (Å²) >= 11 is 0. The van der Waals surface area contributed by atoms with Gasteiger partial charge >= 0.3 is 5.97 Å². The molecule has 0 aromatic carbocycles. The zero-order valence-electron chi connectivity index (χ0n) is 8.90. The molecule has 0 aromatic heterocycles. The molecule has 14 heavy (non-hydrogen) atoms. The van der Waals surface area contributed by atoms with Crippen LogP contribution in [0.3, 0.4) is 0 Å². The van der Waals surface area contributed by atoms with Crippen LogP contribution in [0, 0.1) is 5.92 Å². The van der Waals surface area contributed by atoms with Gasteiger partial charge in [-0.3, -0.25) is 9.69 Å². The van der Waals surface area contributed by atoms with E-state index in [9.17, 15) is 4.79 Å². The van der Waals surface area contributed by atoms with Gasteiger partial charge in [0.15, 0.2) is 0 Å². The fourth-order valence-electron chi connectivity index (χ4n) is 1.99. The molecule has 1 aliphatic heterocycles. The number of nitrogens with zero attached hydrogens (tertiary/aromatic N) is 1. The number of rotatable bonds is 5. The highest BCUT2D eigenvalue weighted by atomic mass is 16.5. The normalized spacial score (nSPS) is 25.1. The topological polar surface area (TPSA) is 49.8 Å². The number of carbonyl (C=O) groups is 1. The monoisotopic (exact) mass is 201 g/mol. The van der Waals surface area contributed by atoms with Crippen molar-refractivity contribution in [2.75, 3.05) is 26.8 Å². The Hall–Kier alpha value is -0.610. The number of hydrogen-bond donors (Lipinski definition) is 1. The Bertz CT molecular complexity index is 196. The van der Waals surface area contributed by atoms with E-state index in [1.165, 1.54) is 0 Å². The molecule has 0 radical (unpaired) electrons. The van der Waals surface area contributed by atoms with Gasteiger partial charge in [-0.2, -0.15) is 0 Å². The van der Waals surface area contributed by atoms with E-state index < -0.39 is 5.97 Å². The summed E-state index contributed by atoms with van der Waals surface area (Å²) in [6.45, 7) is 4.37. The molecule has 1 rings (SSSR count). The molecule has 2 atom stereocenters. The van der Waals surface area contributed by atoms with Gasteiger partial charge < -0.3 is 9.84 Å². The minimum atomic E-state index is -0.667. The zero-order chi connectivity index (χ0) is 10.6. The molecule has 2 unspecified atom stereocenters. The number of carboxylic acids is 1. The Balaban J connectivity index is 2.42. The molecule has 1 aliphatic rings. The van der Waals surface area contributed by atoms with Crippen LogP contribution in [0.25, 0.3) is 0 Å². The van der Waals surface area contributed by atoms with Crippen LogP contribution in [0.1, 0.15) is 19.8 Å². The Morgan fingerprint density at radius 2 is 2.43 bits per heavy atom. The molecule has 1 heterocycles. The zero-order valence-corrected chi connectivity index (χ0v) is 8.90. The van der Waals surface area contributed by atoms with Crippen LogP contribution in [0.4, 0.5) is 0 Å². The van der Waals surface area contributed by atoms with Gasteiger partial charge in [0.1, 0.15) is 0 Å². The van der Waals surface area contributed by atoms with Crippen LogP contribution in [-0.4, -0.2) is 48.8 Å². The van der Waals surface area contributed by atoms with Crippen molar-refractivity contribution in [1.29, 1.82) is 0 Å². The minimum Gasteiger partial charge on any atom is -0.481 e. The van der Waals surface area contributed by atoms with Crippen LogP contribution >= 0.6 is 0 Å². The van der Waals surface area contributed by atoms with E-state index in [4.69, 9.17) is 9.84 Å². The number of carboxylic acid groups (broad SMARTS) is 1. The molecule has 0 bridgehead atoms. The first-order valence-electron chi connectivity index (χ1n) is 5.14. The third kappa shape index (κ3) is 2.69. The molecule has 0 aliphatic carbocycles. The number of methoxy groups -OCH3 is 1. The molecule has 4 heteroatoms. The van der Waals surface area contributed by atoms with Gasteiger partial charge in [-0.05, 0) is 19.4 Å². The summed E-state index contributed by atoms with van der Waals surface area (Å²) in [5, 5.41) is 8.86. The first kappa shape index (κ1) is 11.5. The third-order valence-electron chi connectivity index (χ3n) is 2.92. The summed E-state index contributed by atoms with van der Waals surface area (Å²) < 4.78 is 5.11. The standard InChI is InChI=1S/C10H19NO3/c1-3-9(7-14-2)11-5-4-8(6-11)10(12)13/h8-9H,3-7H2,1-2H3,(H,12,13). The largest absolute Gasteiger partial charge is 0.481 e. The Kier molecular flexibility index (Phi) is 4.35.